The molecule has 0 aliphatic rings. The number of hydrogen-bond acceptors (Lipinski definition) is 3. The molecule has 4 nitrogen and oxygen atoms in total. The van der Waals surface area contributed by atoms with E-state index < -0.39 is 0 Å². The lowest BCUT2D eigenvalue weighted by molar-refractivity contribution is -0.131. The molecule has 0 spiro atoms. The molecule has 1 unspecified atom stereocenters. The molecule has 0 aromatic carbocycles. The number of carbonyl (C=O) groups is 1. The summed E-state index contributed by atoms with van der Waals surface area (Å²) in [5.41, 5.74) is 0. The van der Waals surface area contributed by atoms with Crippen molar-refractivity contribution in [1.29, 1.82) is 0 Å². The van der Waals surface area contributed by atoms with Gasteiger partial charge in [0.2, 0.25) is 5.91 Å². The molecule has 0 aromatic heterocycles. The predicted molar refractivity (Wildman–Crippen MR) is 74.6 cm³/mol. The summed E-state index contributed by atoms with van der Waals surface area (Å²) in [5.74, 6) is 0.170. The fraction of sp³-hybridized carbons (Fsp3) is 0.917. The van der Waals surface area contributed by atoms with Gasteiger partial charge in [0.25, 0.3) is 0 Å². The second-order valence-corrected chi connectivity index (χ2v) is 5.46. The normalized spacial score (nSPS) is 12.8. The zero-order valence-electron chi connectivity index (χ0n) is 11.4. The van der Waals surface area contributed by atoms with Crippen LogP contribution in [-0.2, 0) is 9.53 Å². The van der Waals surface area contributed by atoms with Gasteiger partial charge in [-0.1, -0.05) is 22.9 Å². The highest BCUT2D eigenvalue weighted by molar-refractivity contribution is 9.10. The van der Waals surface area contributed by atoms with Gasteiger partial charge in [0, 0.05) is 20.2 Å². The van der Waals surface area contributed by atoms with E-state index in [2.05, 4.69) is 20.8 Å². The Morgan fingerprint density at radius 1 is 1.29 bits per heavy atom. The number of carbonyl (C=O) groups excluding carboxylic acids is 1. The van der Waals surface area contributed by atoms with Crippen LogP contribution in [0.25, 0.3) is 0 Å². The molecule has 0 aromatic rings. The summed E-state index contributed by atoms with van der Waals surface area (Å²) in [7, 11) is 5.75. The Labute approximate surface area is 113 Å². The van der Waals surface area contributed by atoms with Crippen molar-refractivity contribution in [2.75, 3.05) is 47.4 Å². The van der Waals surface area contributed by atoms with Crippen molar-refractivity contribution in [3.8, 4) is 0 Å². The van der Waals surface area contributed by atoms with E-state index in [0.717, 1.165) is 25.9 Å². The van der Waals surface area contributed by atoms with Crippen molar-refractivity contribution >= 4 is 21.8 Å². The van der Waals surface area contributed by atoms with E-state index in [1.54, 1.807) is 7.11 Å². The lowest BCUT2D eigenvalue weighted by Crippen LogP contribution is -2.40. The van der Waals surface area contributed by atoms with E-state index in [-0.39, 0.29) is 10.7 Å². The molecule has 1 atom stereocenters. The van der Waals surface area contributed by atoms with Gasteiger partial charge < -0.3 is 14.5 Å². The highest BCUT2D eigenvalue weighted by Crippen LogP contribution is 2.09. The maximum absolute atomic E-state index is 12.1. The largest absolute Gasteiger partial charge is 0.383 e. The fourth-order valence-electron chi connectivity index (χ4n) is 1.48. The van der Waals surface area contributed by atoms with E-state index in [9.17, 15) is 4.79 Å². The monoisotopic (exact) mass is 308 g/mol. The average molecular weight is 309 g/mol. The van der Waals surface area contributed by atoms with Crippen LogP contribution < -0.4 is 0 Å². The van der Waals surface area contributed by atoms with Crippen molar-refractivity contribution in [2.45, 2.75) is 24.6 Å². The first-order valence-corrected chi connectivity index (χ1v) is 7.01. The minimum Gasteiger partial charge on any atom is -0.383 e. The smallest absolute Gasteiger partial charge is 0.236 e. The first-order chi connectivity index (χ1) is 8.02. The number of nitrogens with zero attached hydrogens (tertiary/aromatic N) is 2. The van der Waals surface area contributed by atoms with Gasteiger partial charge in [0.1, 0.15) is 0 Å². The number of hydrogen-bond donors (Lipinski definition) is 0. The highest BCUT2D eigenvalue weighted by Gasteiger charge is 2.19. The topological polar surface area (TPSA) is 32.8 Å². The summed E-state index contributed by atoms with van der Waals surface area (Å²) < 4.78 is 5.04. The summed E-state index contributed by atoms with van der Waals surface area (Å²) in [4.78, 5) is 16.0. The Bertz CT molecular complexity index is 213. The standard InChI is InChI=1S/C12H25BrN2O2/c1-5-11(13)12(16)15(9-10-17-4)8-6-7-14(2)3/h11H,5-10H2,1-4H3. The molecule has 0 aliphatic heterocycles. The van der Waals surface area contributed by atoms with Gasteiger partial charge >= 0.3 is 0 Å². The van der Waals surface area contributed by atoms with Gasteiger partial charge in [-0.3, -0.25) is 4.79 Å². The van der Waals surface area contributed by atoms with E-state index >= 15 is 0 Å². The summed E-state index contributed by atoms with van der Waals surface area (Å²) in [6, 6.07) is 0. The van der Waals surface area contributed by atoms with Gasteiger partial charge in [0.05, 0.1) is 11.4 Å². The van der Waals surface area contributed by atoms with Gasteiger partial charge in [-0.15, -0.1) is 0 Å². The molecule has 5 heteroatoms. The van der Waals surface area contributed by atoms with E-state index in [1.165, 1.54) is 0 Å². The minimum atomic E-state index is -0.0706. The predicted octanol–water partition coefficient (Wildman–Crippen LogP) is 1.59. The zero-order chi connectivity index (χ0) is 13.3. The first kappa shape index (κ1) is 16.9. The molecule has 0 saturated heterocycles. The van der Waals surface area contributed by atoms with Gasteiger partial charge in [-0.2, -0.15) is 0 Å². The van der Waals surface area contributed by atoms with Crippen LogP contribution in [0.3, 0.4) is 0 Å². The van der Waals surface area contributed by atoms with E-state index in [1.807, 2.05) is 25.9 Å². The van der Waals surface area contributed by atoms with Crippen LogP contribution in [0.4, 0.5) is 0 Å². The second kappa shape index (κ2) is 9.85. The van der Waals surface area contributed by atoms with Crippen LogP contribution in [-0.4, -0.2) is 68.0 Å². The Balaban J connectivity index is 4.16. The molecule has 17 heavy (non-hydrogen) atoms. The van der Waals surface area contributed by atoms with Crippen LogP contribution in [0, 0.1) is 0 Å². The third kappa shape index (κ3) is 7.73. The van der Waals surface area contributed by atoms with Crippen LogP contribution in [0.1, 0.15) is 19.8 Å². The third-order valence-corrected chi connectivity index (χ3v) is 3.58. The Morgan fingerprint density at radius 2 is 1.94 bits per heavy atom. The van der Waals surface area contributed by atoms with Crippen molar-refractivity contribution in [2.24, 2.45) is 0 Å². The Morgan fingerprint density at radius 3 is 2.41 bits per heavy atom. The first-order valence-electron chi connectivity index (χ1n) is 6.09. The number of rotatable bonds is 9. The molecule has 1 amide bonds. The Hall–Kier alpha value is -0.130. The second-order valence-electron chi connectivity index (χ2n) is 4.35. The molecule has 0 rings (SSSR count). The van der Waals surface area contributed by atoms with Crippen LogP contribution in [0.15, 0.2) is 0 Å². The average Bonchev–Trinajstić information content (AvgIpc) is 2.31. The van der Waals surface area contributed by atoms with E-state index in [4.69, 9.17) is 4.74 Å². The van der Waals surface area contributed by atoms with Crippen LogP contribution >= 0.6 is 15.9 Å². The lowest BCUT2D eigenvalue weighted by atomic mass is 10.2. The van der Waals surface area contributed by atoms with Crippen molar-refractivity contribution in [1.82, 2.24) is 9.80 Å². The number of methoxy groups -OCH3 is 1. The molecule has 0 aliphatic carbocycles. The van der Waals surface area contributed by atoms with Crippen molar-refractivity contribution in [3.63, 3.8) is 0 Å². The molecular weight excluding hydrogens is 284 g/mol. The number of amides is 1. The van der Waals surface area contributed by atoms with Crippen molar-refractivity contribution in [3.05, 3.63) is 0 Å². The van der Waals surface area contributed by atoms with Crippen molar-refractivity contribution < 1.29 is 9.53 Å². The van der Waals surface area contributed by atoms with Gasteiger partial charge in [-0.25, -0.2) is 0 Å². The molecule has 0 radical (unpaired) electrons. The quantitative estimate of drug-likeness (QED) is 0.606. The van der Waals surface area contributed by atoms with E-state index in [0.29, 0.717) is 13.2 Å². The molecule has 0 saturated carbocycles. The SMILES string of the molecule is CCC(Br)C(=O)N(CCCN(C)C)CCOC. The lowest BCUT2D eigenvalue weighted by Gasteiger charge is -2.25. The fourth-order valence-corrected chi connectivity index (χ4v) is 1.77. The molecule has 0 heterocycles. The van der Waals surface area contributed by atoms with Crippen LogP contribution in [0.2, 0.25) is 0 Å². The number of ether oxygens (including phenoxy) is 1. The van der Waals surface area contributed by atoms with Gasteiger partial charge in [0.15, 0.2) is 0 Å². The Kier molecular flexibility index (Phi) is 9.78. The summed E-state index contributed by atoms with van der Waals surface area (Å²) in [6.45, 7) is 5.06. The molecule has 0 bridgehead atoms. The number of halogens is 1. The van der Waals surface area contributed by atoms with Crippen LogP contribution in [0.5, 0.6) is 0 Å². The highest BCUT2D eigenvalue weighted by atomic mass is 79.9. The minimum absolute atomic E-state index is 0.0706. The summed E-state index contributed by atoms with van der Waals surface area (Å²) in [5, 5.41) is 0. The van der Waals surface area contributed by atoms with Gasteiger partial charge in [-0.05, 0) is 33.5 Å². The third-order valence-electron chi connectivity index (χ3n) is 2.54. The molecule has 0 fully saturated rings. The maximum Gasteiger partial charge on any atom is 0.236 e. The maximum atomic E-state index is 12.1. The zero-order valence-corrected chi connectivity index (χ0v) is 13.0. The number of alkyl halides is 1. The molecule has 0 N–H and O–H groups in total. The molecular formula is C12H25BrN2O2. The molecule has 102 valence electrons. The summed E-state index contributed by atoms with van der Waals surface area (Å²) >= 11 is 3.41. The summed E-state index contributed by atoms with van der Waals surface area (Å²) in [6.07, 6.45) is 1.81.